The molecule has 2 aliphatic rings. The maximum atomic E-state index is 13.8. The van der Waals surface area contributed by atoms with Crippen molar-refractivity contribution in [3.05, 3.63) is 60.2 Å². The number of carbonyl (C=O) groups excluding carboxylic acids is 3. The van der Waals surface area contributed by atoms with Crippen LogP contribution in [0, 0.1) is 0 Å². The molecule has 1 spiro atoms. The molecule has 4 amide bonds. The number of nitrogens with one attached hydrogen (secondary N) is 1. The Labute approximate surface area is 220 Å². The number of piperidine rings is 1. The van der Waals surface area contributed by atoms with Gasteiger partial charge >= 0.3 is 12.2 Å². The molecule has 2 aromatic carbocycles. The van der Waals surface area contributed by atoms with Crippen LogP contribution in [0.3, 0.4) is 0 Å². The number of likely N-dealkylation sites (tertiary alicyclic amines) is 1. The molecule has 4 rings (SSSR count). The van der Waals surface area contributed by atoms with E-state index in [-0.39, 0.29) is 43.8 Å². The highest BCUT2D eigenvalue weighted by Gasteiger charge is 2.54. The van der Waals surface area contributed by atoms with Gasteiger partial charge < -0.3 is 24.9 Å². The van der Waals surface area contributed by atoms with Crippen molar-refractivity contribution in [1.82, 2.24) is 14.7 Å². The Morgan fingerprint density at radius 1 is 1.00 bits per heavy atom. The highest BCUT2D eigenvalue weighted by Crippen LogP contribution is 2.39. The molecule has 2 fully saturated rings. The molecule has 0 atom stereocenters. The van der Waals surface area contributed by atoms with Gasteiger partial charge in [-0.1, -0.05) is 24.3 Å². The van der Waals surface area contributed by atoms with Crippen molar-refractivity contribution >= 4 is 29.2 Å². The summed E-state index contributed by atoms with van der Waals surface area (Å²) < 4.78 is 39.2. The van der Waals surface area contributed by atoms with Crippen LogP contribution in [0.4, 0.5) is 29.3 Å². The first-order valence-electron chi connectivity index (χ1n) is 12.7. The highest BCUT2D eigenvalue weighted by molar-refractivity contribution is 5.97. The average molecular weight is 532 g/mol. The Hall–Kier alpha value is -3.76. The minimum Gasteiger partial charge on any atom is -0.342 e. The molecule has 38 heavy (non-hydrogen) atoms. The molecular weight excluding hydrogens is 499 g/mol. The van der Waals surface area contributed by atoms with Crippen LogP contribution in [0.5, 0.6) is 0 Å². The third kappa shape index (κ3) is 5.41. The first-order valence-corrected chi connectivity index (χ1v) is 12.7. The molecule has 0 bridgehead atoms. The largest absolute Gasteiger partial charge is 0.416 e. The van der Waals surface area contributed by atoms with Gasteiger partial charge in [-0.2, -0.15) is 13.2 Å². The zero-order chi connectivity index (χ0) is 27.5. The van der Waals surface area contributed by atoms with Crippen molar-refractivity contribution in [2.45, 2.75) is 38.4 Å². The lowest BCUT2D eigenvalue weighted by Crippen LogP contribution is -2.58. The number of alkyl halides is 3. The number of rotatable bonds is 6. The van der Waals surface area contributed by atoms with Crippen LogP contribution in [0.25, 0.3) is 0 Å². The van der Waals surface area contributed by atoms with Gasteiger partial charge in [0, 0.05) is 37.6 Å². The van der Waals surface area contributed by atoms with Gasteiger partial charge in [-0.05, 0) is 57.0 Å². The SMILES string of the molecule is CCN(CC)C(=O)CN1CN(c2ccccc2)C2(CCN(C(=O)Nc3cccc(C(F)(F)F)c3)CC2)C1=O. The van der Waals surface area contributed by atoms with Crippen LogP contribution in [-0.4, -0.2) is 77.5 Å². The number of para-hydroxylation sites is 1. The number of hydrogen-bond donors (Lipinski definition) is 1. The molecule has 0 aliphatic carbocycles. The summed E-state index contributed by atoms with van der Waals surface area (Å²) in [7, 11) is 0. The molecule has 2 saturated heterocycles. The number of urea groups is 1. The van der Waals surface area contributed by atoms with Gasteiger partial charge in [-0.25, -0.2) is 4.79 Å². The quantitative estimate of drug-likeness (QED) is 0.605. The highest BCUT2D eigenvalue weighted by atomic mass is 19.4. The van der Waals surface area contributed by atoms with E-state index in [4.69, 9.17) is 0 Å². The minimum atomic E-state index is -4.51. The molecule has 11 heteroatoms. The first kappa shape index (κ1) is 27.3. The lowest BCUT2D eigenvalue weighted by molar-refractivity contribution is -0.140. The van der Waals surface area contributed by atoms with Gasteiger partial charge in [0.2, 0.25) is 5.91 Å². The fourth-order valence-electron chi connectivity index (χ4n) is 5.22. The minimum absolute atomic E-state index is 0.0225. The van der Waals surface area contributed by atoms with Crippen molar-refractivity contribution in [2.75, 3.05) is 49.6 Å². The van der Waals surface area contributed by atoms with E-state index < -0.39 is 23.3 Å². The second kappa shape index (κ2) is 10.9. The number of carbonyl (C=O) groups is 3. The van der Waals surface area contributed by atoms with Gasteiger partial charge in [0.05, 0.1) is 12.2 Å². The molecule has 0 radical (unpaired) electrons. The number of likely N-dealkylation sites (N-methyl/N-ethyl adjacent to an activating group) is 1. The predicted molar refractivity (Wildman–Crippen MR) is 137 cm³/mol. The fourth-order valence-corrected chi connectivity index (χ4v) is 5.22. The Morgan fingerprint density at radius 3 is 2.26 bits per heavy atom. The predicted octanol–water partition coefficient (Wildman–Crippen LogP) is 4.25. The monoisotopic (exact) mass is 531 g/mol. The second-order valence-corrected chi connectivity index (χ2v) is 9.50. The molecule has 2 aromatic rings. The molecule has 1 N–H and O–H groups in total. The zero-order valence-electron chi connectivity index (χ0n) is 21.5. The van der Waals surface area contributed by atoms with Gasteiger partial charge in [-0.3, -0.25) is 9.59 Å². The van der Waals surface area contributed by atoms with Gasteiger partial charge in [0.25, 0.3) is 5.91 Å². The Kier molecular flexibility index (Phi) is 7.84. The van der Waals surface area contributed by atoms with Gasteiger partial charge in [0.15, 0.2) is 0 Å². The lowest BCUT2D eigenvalue weighted by Gasteiger charge is -2.43. The number of hydrogen-bond acceptors (Lipinski definition) is 4. The van der Waals surface area contributed by atoms with E-state index in [0.29, 0.717) is 25.9 Å². The summed E-state index contributed by atoms with van der Waals surface area (Å²) in [5, 5.41) is 2.55. The second-order valence-electron chi connectivity index (χ2n) is 9.50. The fraction of sp³-hybridized carbons (Fsp3) is 0.444. The summed E-state index contributed by atoms with van der Waals surface area (Å²) in [6.07, 6.45) is -3.86. The van der Waals surface area contributed by atoms with Crippen molar-refractivity contribution in [3.8, 4) is 0 Å². The smallest absolute Gasteiger partial charge is 0.342 e. The van der Waals surface area contributed by atoms with Gasteiger partial charge in [-0.15, -0.1) is 0 Å². The van der Waals surface area contributed by atoms with Crippen molar-refractivity contribution < 1.29 is 27.6 Å². The number of amides is 4. The molecule has 204 valence electrons. The van der Waals surface area contributed by atoms with E-state index >= 15 is 0 Å². The molecule has 8 nitrogen and oxygen atoms in total. The third-order valence-corrected chi connectivity index (χ3v) is 7.34. The third-order valence-electron chi connectivity index (χ3n) is 7.34. The van der Waals surface area contributed by atoms with Crippen molar-refractivity contribution in [3.63, 3.8) is 0 Å². The number of benzene rings is 2. The first-order chi connectivity index (χ1) is 18.1. The Balaban J connectivity index is 1.50. The molecular formula is C27H32F3N5O3. The lowest BCUT2D eigenvalue weighted by atomic mass is 9.85. The summed E-state index contributed by atoms with van der Waals surface area (Å²) in [6, 6.07) is 13.4. The van der Waals surface area contributed by atoms with E-state index in [2.05, 4.69) is 5.32 Å². The molecule has 0 aromatic heterocycles. The number of anilines is 2. The van der Waals surface area contributed by atoms with Crippen LogP contribution in [0.15, 0.2) is 54.6 Å². The van der Waals surface area contributed by atoms with Crippen LogP contribution in [0.2, 0.25) is 0 Å². The summed E-state index contributed by atoms with van der Waals surface area (Å²) >= 11 is 0. The molecule has 2 aliphatic heterocycles. The summed E-state index contributed by atoms with van der Waals surface area (Å²) in [4.78, 5) is 46.3. The van der Waals surface area contributed by atoms with E-state index in [1.807, 2.05) is 49.1 Å². The maximum absolute atomic E-state index is 13.8. The summed E-state index contributed by atoms with van der Waals surface area (Å²) in [5.41, 5.74) is -0.866. The van der Waals surface area contributed by atoms with E-state index in [1.54, 1.807) is 9.80 Å². The van der Waals surface area contributed by atoms with Crippen LogP contribution >= 0.6 is 0 Å². The number of halogens is 3. The zero-order valence-corrected chi connectivity index (χ0v) is 21.5. The van der Waals surface area contributed by atoms with Crippen LogP contribution in [-0.2, 0) is 15.8 Å². The van der Waals surface area contributed by atoms with Crippen molar-refractivity contribution in [2.24, 2.45) is 0 Å². The topological polar surface area (TPSA) is 76.2 Å². The normalized spacial score (nSPS) is 17.2. The van der Waals surface area contributed by atoms with Gasteiger partial charge in [0.1, 0.15) is 12.1 Å². The summed E-state index contributed by atoms with van der Waals surface area (Å²) in [6.45, 7) is 5.60. The van der Waals surface area contributed by atoms with Crippen molar-refractivity contribution in [1.29, 1.82) is 0 Å². The molecule has 0 unspecified atom stereocenters. The average Bonchev–Trinajstić information content (AvgIpc) is 3.16. The van der Waals surface area contributed by atoms with E-state index in [1.165, 1.54) is 17.0 Å². The van der Waals surface area contributed by atoms with E-state index in [9.17, 15) is 27.6 Å². The molecule has 2 heterocycles. The molecule has 0 saturated carbocycles. The standard InChI is InChI=1S/C27H32F3N5O3/c1-3-32(4-2)23(36)18-34-19-35(22-11-6-5-7-12-22)26(24(34)37)13-15-33(16-14-26)25(38)31-21-10-8-9-20(17-21)27(28,29)30/h5-12,17H,3-4,13-16,18-19H2,1-2H3,(H,31,38). The summed E-state index contributed by atoms with van der Waals surface area (Å²) in [5.74, 6) is -0.272. The van der Waals surface area contributed by atoms with Crippen LogP contribution < -0.4 is 10.2 Å². The van der Waals surface area contributed by atoms with Crippen LogP contribution in [0.1, 0.15) is 32.3 Å². The maximum Gasteiger partial charge on any atom is 0.416 e. The van der Waals surface area contributed by atoms with E-state index in [0.717, 1.165) is 17.8 Å². The number of nitrogens with zero attached hydrogens (tertiary/aromatic N) is 4. The Morgan fingerprint density at radius 2 is 1.66 bits per heavy atom. The Bertz CT molecular complexity index is 1160.